The molecule has 2 saturated heterocycles. The lowest BCUT2D eigenvalue weighted by atomic mass is 9.71. The smallest absolute Gasteiger partial charge is 0.0209 e. The van der Waals surface area contributed by atoms with Crippen LogP contribution in [0.1, 0.15) is 60.3 Å². The Balaban J connectivity index is 1.71. The van der Waals surface area contributed by atoms with Gasteiger partial charge in [-0.05, 0) is 83.4 Å². The molecule has 1 spiro atoms. The van der Waals surface area contributed by atoms with Gasteiger partial charge in [0.05, 0.1) is 0 Å². The fraction of sp³-hybridized carbons (Fsp3) is 0.850. The molecule has 2 atom stereocenters. The highest BCUT2D eigenvalue weighted by atomic mass is 15.3. The number of nitrogens with one attached hydrogen (secondary N) is 1. The minimum Gasteiger partial charge on any atom is -0.308 e. The van der Waals surface area contributed by atoms with Crippen molar-refractivity contribution in [2.45, 2.75) is 72.4 Å². The zero-order valence-corrected chi connectivity index (χ0v) is 15.9. The molecule has 0 aromatic rings. The zero-order chi connectivity index (χ0) is 17.0. The molecule has 0 aromatic heterocycles. The Bertz CT molecular complexity index is 411. The highest BCUT2D eigenvalue weighted by Gasteiger charge is 2.46. The second-order valence-corrected chi connectivity index (χ2v) is 8.30. The Morgan fingerprint density at radius 1 is 1.04 bits per heavy atom. The van der Waals surface area contributed by atoms with Crippen molar-refractivity contribution in [1.82, 2.24) is 9.80 Å². The maximum Gasteiger partial charge on any atom is 0.0209 e. The molecule has 0 amide bonds. The van der Waals surface area contributed by atoms with Crippen molar-refractivity contribution in [3.8, 4) is 0 Å². The van der Waals surface area contributed by atoms with Crippen LogP contribution in [-0.4, -0.2) is 54.3 Å². The van der Waals surface area contributed by atoms with Crippen molar-refractivity contribution in [1.29, 1.82) is 5.41 Å². The zero-order valence-electron chi connectivity index (χ0n) is 15.9. The minimum atomic E-state index is 0.518. The van der Waals surface area contributed by atoms with Gasteiger partial charge in [-0.1, -0.05) is 13.0 Å². The van der Waals surface area contributed by atoms with Crippen LogP contribution in [0.2, 0.25) is 0 Å². The number of rotatable bonds is 7. The molecule has 23 heavy (non-hydrogen) atoms. The van der Waals surface area contributed by atoms with Crippen LogP contribution in [0.4, 0.5) is 0 Å². The fourth-order valence-corrected chi connectivity index (χ4v) is 4.31. The van der Waals surface area contributed by atoms with Crippen molar-refractivity contribution in [2.75, 3.05) is 26.2 Å². The van der Waals surface area contributed by atoms with Crippen LogP contribution in [0.5, 0.6) is 0 Å². The van der Waals surface area contributed by atoms with Gasteiger partial charge in [-0.25, -0.2) is 0 Å². The maximum absolute atomic E-state index is 7.48. The van der Waals surface area contributed by atoms with E-state index in [0.717, 1.165) is 0 Å². The molecule has 0 bridgehead atoms. The molecule has 2 heterocycles. The van der Waals surface area contributed by atoms with Gasteiger partial charge in [0.25, 0.3) is 0 Å². The van der Waals surface area contributed by atoms with E-state index >= 15 is 0 Å². The molecule has 3 nitrogen and oxygen atoms in total. The average molecular weight is 320 g/mol. The van der Waals surface area contributed by atoms with E-state index in [4.69, 9.17) is 5.41 Å². The standard InChI is InChI=1S/C20H37N3/c1-6-19(13-21)17(4)7-8-18(5)23-14-20(15-23)9-11-22(12-10-20)16(2)3/h6,13,16-18,21H,7-12,14-15H2,1-5H3/b19-6+,21-13?. The monoisotopic (exact) mass is 319 g/mol. The first-order valence-electron chi connectivity index (χ1n) is 9.55. The molecule has 1 N–H and O–H groups in total. The molecule has 0 aliphatic carbocycles. The average Bonchev–Trinajstić information content (AvgIpc) is 2.51. The third kappa shape index (κ3) is 4.45. The molecule has 2 rings (SSSR count). The first kappa shape index (κ1) is 18.7. The van der Waals surface area contributed by atoms with Gasteiger partial charge < -0.3 is 10.3 Å². The highest BCUT2D eigenvalue weighted by Crippen LogP contribution is 2.42. The first-order valence-corrected chi connectivity index (χ1v) is 9.55. The Morgan fingerprint density at radius 2 is 1.65 bits per heavy atom. The minimum absolute atomic E-state index is 0.518. The van der Waals surface area contributed by atoms with Crippen LogP contribution in [0.25, 0.3) is 0 Å². The van der Waals surface area contributed by atoms with Crippen LogP contribution >= 0.6 is 0 Å². The predicted molar refractivity (Wildman–Crippen MR) is 100 cm³/mol. The van der Waals surface area contributed by atoms with Crippen molar-refractivity contribution in [3.63, 3.8) is 0 Å². The van der Waals surface area contributed by atoms with Gasteiger partial charge in [0.1, 0.15) is 0 Å². The molecule has 2 unspecified atom stereocenters. The fourth-order valence-electron chi connectivity index (χ4n) is 4.31. The van der Waals surface area contributed by atoms with Gasteiger partial charge in [0.2, 0.25) is 0 Å². The van der Waals surface area contributed by atoms with Crippen molar-refractivity contribution >= 4 is 6.21 Å². The van der Waals surface area contributed by atoms with Gasteiger partial charge in [0.15, 0.2) is 0 Å². The largest absolute Gasteiger partial charge is 0.308 e. The Kier molecular flexibility index (Phi) is 6.44. The third-order valence-electron chi connectivity index (χ3n) is 6.38. The van der Waals surface area contributed by atoms with Crippen LogP contribution < -0.4 is 0 Å². The van der Waals surface area contributed by atoms with Crippen LogP contribution in [-0.2, 0) is 0 Å². The van der Waals surface area contributed by atoms with Crippen molar-refractivity contribution < 1.29 is 0 Å². The molecule has 132 valence electrons. The van der Waals surface area contributed by atoms with Crippen LogP contribution in [0.3, 0.4) is 0 Å². The Hall–Kier alpha value is -0.670. The highest BCUT2D eigenvalue weighted by molar-refractivity contribution is 5.76. The number of hydrogen-bond acceptors (Lipinski definition) is 3. The molecular weight excluding hydrogens is 282 g/mol. The van der Waals surface area contributed by atoms with Gasteiger partial charge in [-0.2, -0.15) is 0 Å². The van der Waals surface area contributed by atoms with E-state index in [0.29, 0.717) is 23.4 Å². The number of allylic oxidation sites excluding steroid dienone is 2. The van der Waals surface area contributed by atoms with E-state index in [1.807, 2.05) is 6.92 Å². The Labute approximate surface area is 143 Å². The van der Waals surface area contributed by atoms with Crippen LogP contribution in [0, 0.1) is 16.7 Å². The van der Waals surface area contributed by atoms with E-state index in [9.17, 15) is 0 Å². The summed E-state index contributed by atoms with van der Waals surface area (Å²) in [7, 11) is 0. The lowest BCUT2D eigenvalue weighted by molar-refractivity contribution is -0.0714. The second kappa shape index (κ2) is 7.94. The normalized spacial score (nSPS) is 25.4. The number of hydrogen-bond donors (Lipinski definition) is 1. The molecule has 0 radical (unpaired) electrons. The maximum atomic E-state index is 7.48. The van der Waals surface area contributed by atoms with E-state index in [1.54, 1.807) is 0 Å². The van der Waals surface area contributed by atoms with Gasteiger partial charge in [-0.15, -0.1) is 0 Å². The lowest BCUT2D eigenvalue weighted by Crippen LogP contribution is -2.62. The topological polar surface area (TPSA) is 30.3 Å². The third-order valence-corrected chi connectivity index (χ3v) is 6.38. The van der Waals surface area contributed by atoms with Gasteiger partial charge >= 0.3 is 0 Å². The van der Waals surface area contributed by atoms with Gasteiger partial charge in [-0.3, -0.25) is 4.90 Å². The van der Waals surface area contributed by atoms with E-state index in [2.05, 4.69) is 43.6 Å². The summed E-state index contributed by atoms with van der Waals surface area (Å²) in [6, 6.07) is 1.40. The number of piperidine rings is 1. The summed E-state index contributed by atoms with van der Waals surface area (Å²) in [5, 5.41) is 7.48. The molecule has 2 aliphatic rings. The predicted octanol–water partition coefficient (Wildman–Crippen LogP) is 4.19. The summed E-state index contributed by atoms with van der Waals surface area (Å²) in [6.45, 7) is 16.5. The molecule has 0 aromatic carbocycles. The summed E-state index contributed by atoms with van der Waals surface area (Å²) in [5.41, 5.74) is 1.81. The van der Waals surface area contributed by atoms with Crippen molar-refractivity contribution in [3.05, 3.63) is 11.6 Å². The SMILES string of the molecule is C/C=C(\C=N)C(C)CCC(C)N1CC2(CCN(C(C)C)CC2)C1. The van der Waals surface area contributed by atoms with E-state index < -0.39 is 0 Å². The first-order chi connectivity index (χ1) is 10.9. The summed E-state index contributed by atoms with van der Waals surface area (Å²) in [6.07, 6.45) is 8.84. The van der Waals surface area contributed by atoms with Gasteiger partial charge in [0, 0.05) is 31.4 Å². The number of likely N-dealkylation sites (tertiary alicyclic amines) is 2. The summed E-state index contributed by atoms with van der Waals surface area (Å²) >= 11 is 0. The molecule has 0 saturated carbocycles. The Morgan fingerprint density at radius 3 is 2.13 bits per heavy atom. The van der Waals surface area contributed by atoms with E-state index in [-0.39, 0.29) is 0 Å². The van der Waals surface area contributed by atoms with E-state index in [1.165, 1.54) is 63.7 Å². The molecular formula is C20H37N3. The summed E-state index contributed by atoms with van der Waals surface area (Å²) in [4.78, 5) is 5.33. The quantitative estimate of drug-likeness (QED) is 0.713. The van der Waals surface area contributed by atoms with Crippen LogP contribution in [0.15, 0.2) is 11.6 Å². The van der Waals surface area contributed by atoms with Crippen molar-refractivity contribution in [2.24, 2.45) is 11.3 Å². The summed E-state index contributed by atoms with van der Waals surface area (Å²) < 4.78 is 0. The molecule has 3 heteroatoms. The molecule has 2 fully saturated rings. The number of nitrogens with zero attached hydrogens (tertiary/aromatic N) is 2. The summed E-state index contributed by atoms with van der Waals surface area (Å²) in [5.74, 6) is 0.518. The second-order valence-electron chi connectivity index (χ2n) is 8.30. The molecule has 2 aliphatic heterocycles. The lowest BCUT2D eigenvalue weighted by Gasteiger charge is -2.56.